The van der Waals surface area contributed by atoms with Gasteiger partial charge in [0.2, 0.25) is 5.91 Å². The molecule has 0 fully saturated rings. The minimum absolute atomic E-state index is 0.0219. The monoisotopic (exact) mass is 547 g/mol. The molecule has 2 atom stereocenters. The van der Waals surface area contributed by atoms with Gasteiger partial charge < -0.3 is 20.3 Å². The van der Waals surface area contributed by atoms with E-state index in [0.29, 0.717) is 16.3 Å². The zero-order chi connectivity index (χ0) is 27.9. The molecular weight excluding hydrogens is 510 g/mol. The molecule has 0 saturated heterocycles. The lowest BCUT2D eigenvalue weighted by molar-refractivity contribution is -0.142. The van der Waals surface area contributed by atoms with E-state index in [4.69, 9.17) is 16.3 Å². The van der Waals surface area contributed by atoms with Crippen LogP contribution < -0.4 is 10.6 Å². The second kappa shape index (κ2) is 13.2. The van der Waals surface area contributed by atoms with Crippen LogP contribution in [-0.4, -0.2) is 46.2 Å². The number of rotatable bonds is 9. The van der Waals surface area contributed by atoms with Crippen LogP contribution in [0.1, 0.15) is 64.3 Å². The van der Waals surface area contributed by atoms with Crippen molar-refractivity contribution in [3.05, 3.63) is 64.2 Å². The van der Waals surface area contributed by atoms with Crippen LogP contribution in [0.4, 0.5) is 10.5 Å². The first kappa shape index (κ1) is 30.5. The minimum Gasteiger partial charge on any atom is -0.444 e. The van der Waals surface area contributed by atoms with Crippen molar-refractivity contribution in [3.63, 3.8) is 0 Å². The average molecular weight is 548 g/mol. The zero-order valence-corrected chi connectivity index (χ0v) is 24.2. The summed E-state index contributed by atoms with van der Waals surface area (Å²) in [7, 11) is 0. The fourth-order valence-electron chi connectivity index (χ4n) is 3.85. The van der Waals surface area contributed by atoms with Gasteiger partial charge in [0.15, 0.2) is 0 Å². The highest BCUT2D eigenvalue weighted by Gasteiger charge is 2.37. The van der Waals surface area contributed by atoms with E-state index in [2.05, 4.69) is 23.3 Å². The predicted octanol–water partition coefficient (Wildman–Crippen LogP) is 5.95. The van der Waals surface area contributed by atoms with Crippen LogP contribution in [-0.2, 0) is 20.7 Å². The van der Waals surface area contributed by atoms with Gasteiger partial charge in [0.1, 0.15) is 17.7 Å². The highest BCUT2D eigenvalue weighted by atomic mass is 35.5. The van der Waals surface area contributed by atoms with E-state index in [1.54, 1.807) is 32.9 Å². The van der Waals surface area contributed by atoms with E-state index in [0.717, 1.165) is 17.5 Å². The molecule has 0 radical (unpaired) electrons. The summed E-state index contributed by atoms with van der Waals surface area (Å²) in [4.78, 5) is 41.6. The Labute approximate surface area is 230 Å². The fraction of sp³-hybridized carbons (Fsp3) is 0.464. The molecule has 202 valence electrons. The molecule has 2 N–H and O–H groups in total. The molecule has 0 heterocycles. The first-order chi connectivity index (χ1) is 17.3. The molecule has 0 aliphatic heterocycles. The number of amides is 3. The van der Waals surface area contributed by atoms with E-state index in [1.807, 2.05) is 58.0 Å². The average Bonchev–Trinajstić information content (AvgIpc) is 2.81. The van der Waals surface area contributed by atoms with Gasteiger partial charge in [-0.2, -0.15) is 12.6 Å². The maximum atomic E-state index is 13.8. The maximum absolute atomic E-state index is 13.8. The summed E-state index contributed by atoms with van der Waals surface area (Å²) in [6.45, 7) is 12.7. The van der Waals surface area contributed by atoms with E-state index in [1.165, 1.54) is 4.90 Å². The number of nitrogens with zero attached hydrogens (tertiary/aromatic N) is 1. The number of anilines is 1. The molecule has 0 aromatic heterocycles. The van der Waals surface area contributed by atoms with Gasteiger partial charge in [-0.05, 0) is 70.7 Å². The number of para-hydroxylation sites is 1. The van der Waals surface area contributed by atoms with Crippen molar-refractivity contribution in [2.24, 2.45) is 0 Å². The molecule has 2 aromatic carbocycles. The van der Waals surface area contributed by atoms with Gasteiger partial charge >= 0.3 is 6.09 Å². The lowest BCUT2D eigenvalue weighted by Gasteiger charge is -2.37. The summed E-state index contributed by atoms with van der Waals surface area (Å²) in [6, 6.07) is 10.5. The standard InChI is InChI=1S/C28H38ClN3O4S/c1-8-19-12-14-20(15-13-19)24(25(33)31-23-18(4)10-9-11-21(23)29)32(17(2)3)26(34)22(16-37)30-27(35)36-28(5,6)7/h9-15,17,22,24,37H,8,16H2,1-7H3,(H,30,35)(H,31,33). The zero-order valence-electron chi connectivity index (χ0n) is 22.6. The first-order valence-electron chi connectivity index (χ1n) is 12.4. The highest BCUT2D eigenvalue weighted by molar-refractivity contribution is 7.80. The van der Waals surface area contributed by atoms with Crippen molar-refractivity contribution in [2.75, 3.05) is 11.1 Å². The Morgan fingerprint density at radius 2 is 1.70 bits per heavy atom. The van der Waals surface area contributed by atoms with Crippen molar-refractivity contribution in [3.8, 4) is 0 Å². The molecule has 9 heteroatoms. The van der Waals surface area contributed by atoms with Gasteiger partial charge in [-0.1, -0.05) is 54.9 Å². The van der Waals surface area contributed by atoms with Gasteiger partial charge in [-0.3, -0.25) is 9.59 Å². The van der Waals surface area contributed by atoms with Crippen LogP contribution in [0, 0.1) is 6.92 Å². The third kappa shape index (κ3) is 8.40. The topological polar surface area (TPSA) is 87.7 Å². The number of hydrogen-bond acceptors (Lipinski definition) is 5. The Bertz CT molecular complexity index is 1080. The van der Waals surface area contributed by atoms with Gasteiger partial charge in [-0.25, -0.2) is 4.79 Å². The third-order valence-corrected chi connectivity index (χ3v) is 6.36. The molecule has 37 heavy (non-hydrogen) atoms. The molecule has 2 unspecified atom stereocenters. The van der Waals surface area contributed by atoms with Crippen LogP contribution in [0.25, 0.3) is 0 Å². The Morgan fingerprint density at radius 1 is 1.08 bits per heavy atom. The maximum Gasteiger partial charge on any atom is 0.408 e. The molecule has 2 aromatic rings. The lowest BCUT2D eigenvalue weighted by atomic mass is 9.99. The number of hydrogen-bond donors (Lipinski definition) is 3. The van der Waals surface area contributed by atoms with Crippen LogP contribution in [0.5, 0.6) is 0 Å². The second-order valence-corrected chi connectivity index (χ2v) is 10.9. The molecule has 3 amide bonds. The number of aryl methyl sites for hydroxylation is 2. The Hall–Kier alpha value is -2.71. The second-order valence-electron chi connectivity index (χ2n) is 10.1. The van der Waals surface area contributed by atoms with Crippen LogP contribution in [0.3, 0.4) is 0 Å². The summed E-state index contributed by atoms with van der Waals surface area (Å²) in [5.74, 6) is -0.849. The van der Waals surface area contributed by atoms with E-state index in [9.17, 15) is 14.4 Å². The summed E-state index contributed by atoms with van der Waals surface area (Å²) >= 11 is 10.7. The van der Waals surface area contributed by atoms with Crippen molar-refractivity contribution in [1.82, 2.24) is 10.2 Å². The van der Waals surface area contributed by atoms with Gasteiger partial charge in [0.05, 0.1) is 10.7 Å². The summed E-state index contributed by atoms with van der Waals surface area (Å²) in [6.07, 6.45) is 0.105. The Balaban J connectivity index is 2.51. The van der Waals surface area contributed by atoms with Crippen LogP contribution >= 0.6 is 24.2 Å². The molecule has 0 aliphatic rings. The Morgan fingerprint density at radius 3 is 2.19 bits per heavy atom. The normalized spacial score (nSPS) is 13.0. The summed E-state index contributed by atoms with van der Waals surface area (Å²) in [5, 5.41) is 5.94. The number of halogens is 1. The lowest BCUT2D eigenvalue weighted by Crippen LogP contribution is -2.55. The quantitative estimate of drug-likeness (QED) is 0.338. The number of alkyl carbamates (subject to hydrolysis) is 1. The predicted molar refractivity (Wildman–Crippen MR) is 152 cm³/mol. The van der Waals surface area contributed by atoms with E-state index >= 15 is 0 Å². The van der Waals surface area contributed by atoms with Crippen molar-refractivity contribution >= 4 is 47.8 Å². The van der Waals surface area contributed by atoms with Crippen molar-refractivity contribution in [2.45, 2.75) is 78.6 Å². The number of ether oxygens (including phenoxy) is 1. The minimum atomic E-state index is -1.01. The number of thiol groups is 1. The number of carbonyl (C=O) groups is 3. The third-order valence-electron chi connectivity index (χ3n) is 5.68. The van der Waals surface area contributed by atoms with Crippen molar-refractivity contribution < 1.29 is 19.1 Å². The van der Waals surface area contributed by atoms with Crippen molar-refractivity contribution in [1.29, 1.82) is 0 Å². The van der Waals surface area contributed by atoms with E-state index in [-0.39, 0.29) is 11.8 Å². The number of nitrogens with one attached hydrogen (secondary N) is 2. The summed E-state index contributed by atoms with van der Waals surface area (Å²) in [5.41, 5.74) is 2.28. The van der Waals surface area contributed by atoms with Gasteiger partial charge in [0.25, 0.3) is 5.91 Å². The van der Waals surface area contributed by atoms with Gasteiger partial charge in [-0.15, -0.1) is 0 Å². The van der Waals surface area contributed by atoms with Crippen LogP contribution in [0.15, 0.2) is 42.5 Å². The summed E-state index contributed by atoms with van der Waals surface area (Å²) < 4.78 is 5.34. The molecule has 0 bridgehead atoms. The highest BCUT2D eigenvalue weighted by Crippen LogP contribution is 2.30. The molecule has 0 saturated carbocycles. The fourth-order valence-corrected chi connectivity index (χ4v) is 4.37. The molecule has 0 aliphatic carbocycles. The first-order valence-corrected chi connectivity index (χ1v) is 13.4. The molecule has 7 nitrogen and oxygen atoms in total. The van der Waals surface area contributed by atoms with Crippen LogP contribution in [0.2, 0.25) is 5.02 Å². The number of benzene rings is 2. The SMILES string of the molecule is CCc1ccc(C(C(=O)Nc2c(C)cccc2Cl)N(C(=O)C(CS)NC(=O)OC(C)(C)C)C(C)C)cc1. The molecule has 0 spiro atoms. The molecular formula is C28H38ClN3O4S. The smallest absolute Gasteiger partial charge is 0.408 e. The molecule has 2 rings (SSSR count). The number of carbonyl (C=O) groups excluding carboxylic acids is 3. The largest absolute Gasteiger partial charge is 0.444 e. The Kier molecular flexibility index (Phi) is 10.9. The van der Waals surface area contributed by atoms with Gasteiger partial charge in [0, 0.05) is 11.8 Å². The van der Waals surface area contributed by atoms with E-state index < -0.39 is 35.6 Å².